The minimum absolute atomic E-state index is 0.199. The smallest absolute Gasteiger partial charge is 0.279 e. The standard InChI is InChI=1S/C15H17N3O2S3/c1-8-11(23-15(21)16-8)7-13(19)17-18-14(20)12-6-9-4-2-3-5-10(9)22-12/h6H,2-5,7H2,1H3,(H,16,21)(H,17,19)(H,18,20). The van der Waals surface area contributed by atoms with E-state index in [0.717, 1.165) is 23.4 Å². The van der Waals surface area contributed by atoms with E-state index in [2.05, 4.69) is 15.8 Å². The van der Waals surface area contributed by atoms with Gasteiger partial charge in [0.05, 0.1) is 11.3 Å². The Morgan fingerprint density at radius 1 is 1.26 bits per heavy atom. The van der Waals surface area contributed by atoms with Crippen LogP contribution in [0.2, 0.25) is 0 Å². The van der Waals surface area contributed by atoms with Gasteiger partial charge < -0.3 is 4.98 Å². The first-order chi connectivity index (χ1) is 11.0. The molecule has 0 radical (unpaired) electrons. The van der Waals surface area contributed by atoms with Crippen LogP contribution in [0.5, 0.6) is 0 Å². The summed E-state index contributed by atoms with van der Waals surface area (Å²) < 4.78 is 0.651. The number of hydrogen-bond acceptors (Lipinski definition) is 5. The normalized spacial score (nSPS) is 13.4. The van der Waals surface area contributed by atoms with Crippen molar-refractivity contribution in [3.05, 3.63) is 35.9 Å². The van der Waals surface area contributed by atoms with Crippen LogP contribution in [0.4, 0.5) is 0 Å². The molecular formula is C15H17N3O2S3. The van der Waals surface area contributed by atoms with Crippen LogP contribution in [-0.2, 0) is 24.1 Å². The molecule has 0 spiro atoms. The van der Waals surface area contributed by atoms with Crippen LogP contribution in [0, 0.1) is 10.9 Å². The molecule has 2 aromatic heterocycles. The second kappa shape index (κ2) is 6.94. The number of aromatic nitrogens is 1. The number of rotatable bonds is 3. The van der Waals surface area contributed by atoms with Gasteiger partial charge in [-0.2, -0.15) is 0 Å². The Balaban J connectivity index is 1.56. The van der Waals surface area contributed by atoms with E-state index in [0.29, 0.717) is 8.83 Å². The Morgan fingerprint density at radius 3 is 2.74 bits per heavy atom. The summed E-state index contributed by atoms with van der Waals surface area (Å²) in [6.45, 7) is 1.88. The van der Waals surface area contributed by atoms with E-state index in [1.807, 2.05) is 13.0 Å². The molecule has 1 aliphatic carbocycles. The van der Waals surface area contributed by atoms with E-state index in [1.54, 1.807) is 0 Å². The van der Waals surface area contributed by atoms with Crippen molar-refractivity contribution in [2.45, 2.75) is 39.0 Å². The number of fused-ring (bicyclic) bond motifs is 1. The quantitative estimate of drug-likeness (QED) is 0.577. The molecule has 122 valence electrons. The third-order valence-corrected chi connectivity index (χ3v) is 6.35. The van der Waals surface area contributed by atoms with Crippen molar-refractivity contribution in [1.29, 1.82) is 0 Å². The van der Waals surface area contributed by atoms with E-state index in [1.165, 1.54) is 46.0 Å². The SMILES string of the molecule is Cc1[nH]c(=S)sc1CC(=O)NNC(=O)c1cc2c(s1)CCCC2. The van der Waals surface area contributed by atoms with Crippen molar-refractivity contribution in [2.24, 2.45) is 0 Å². The van der Waals surface area contributed by atoms with E-state index in [4.69, 9.17) is 12.2 Å². The summed E-state index contributed by atoms with van der Waals surface area (Å²) in [5, 5.41) is 0. The lowest BCUT2D eigenvalue weighted by molar-refractivity contribution is -0.121. The molecule has 2 amide bonds. The number of nitrogens with one attached hydrogen (secondary N) is 3. The highest BCUT2D eigenvalue weighted by molar-refractivity contribution is 7.73. The number of thiophene rings is 1. The number of hydrogen-bond donors (Lipinski definition) is 3. The molecule has 0 atom stereocenters. The van der Waals surface area contributed by atoms with Gasteiger partial charge in [0, 0.05) is 15.4 Å². The number of carbonyl (C=O) groups excluding carboxylic acids is 2. The lowest BCUT2D eigenvalue weighted by atomic mass is 9.99. The van der Waals surface area contributed by atoms with Gasteiger partial charge in [0.2, 0.25) is 5.91 Å². The predicted molar refractivity (Wildman–Crippen MR) is 94.5 cm³/mol. The van der Waals surface area contributed by atoms with Gasteiger partial charge in [-0.15, -0.1) is 22.7 Å². The average Bonchev–Trinajstić information content (AvgIpc) is 3.08. The second-order valence-corrected chi connectivity index (χ2v) is 8.42. The van der Waals surface area contributed by atoms with Crippen LogP contribution >= 0.6 is 34.9 Å². The van der Waals surface area contributed by atoms with Gasteiger partial charge in [-0.1, -0.05) is 0 Å². The van der Waals surface area contributed by atoms with Crippen molar-refractivity contribution in [1.82, 2.24) is 15.8 Å². The molecule has 0 aliphatic heterocycles. The summed E-state index contributed by atoms with van der Waals surface area (Å²) in [4.78, 5) is 29.9. The van der Waals surface area contributed by atoms with Gasteiger partial charge in [-0.05, 0) is 56.5 Å². The first-order valence-corrected chi connectivity index (χ1v) is 9.46. The van der Waals surface area contributed by atoms with Crippen LogP contribution in [0.1, 0.15) is 43.5 Å². The monoisotopic (exact) mass is 367 g/mol. The van der Waals surface area contributed by atoms with Gasteiger partial charge in [0.15, 0.2) is 3.95 Å². The molecule has 0 saturated carbocycles. The molecule has 0 fully saturated rings. The molecule has 3 N–H and O–H groups in total. The summed E-state index contributed by atoms with van der Waals surface area (Å²) >= 11 is 7.95. The van der Waals surface area contributed by atoms with Crippen LogP contribution in [0.25, 0.3) is 0 Å². The third-order valence-electron chi connectivity index (χ3n) is 3.78. The zero-order valence-corrected chi connectivity index (χ0v) is 15.1. The van der Waals surface area contributed by atoms with Crippen LogP contribution in [0.3, 0.4) is 0 Å². The van der Waals surface area contributed by atoms with Gasteiger partial charge >= 0.3 is 0 Å². The molecule has 2 heterocycles. The third kappa shape index (κ3) is 3.88. The lowest BCUT2D eigenvalue weighted by Gasteiger charge is -2.08. The van der Waals surface area contributed by atoms with Crippen molar-refractivity contribution in [3.8, 4) is 0 Å². The Labute approximate surface area is 147 Å². The Bertz CT molecular complexity index is 780. The Hall–Kier alpha value is -1.51. The molecular weight excluding hydrogens is 350 g/mol. The fraction of sp³-hybridized carbons (Fsp3) is 0.400. The van der Waals surface area contributed by atoms with Crippen LogP contribution < -0.4 is 10.9 Å². The van der Waals surface area contributed by atoms with E-state index in [-0.39, 0.29) is 18.2 Å². The molecule has 0 bridgehead atoms. The van der Waals surface area contributed by atoms with Crippen LogP contribution in [0.15, 0.2) is 6.07 Å². The maximum atomic E-state index is 12.2. The number of aryl methyl sites for hydroxylation is 3. The molecule has 8 heteroatoms. The highest BCUT2D eigenvalue weighted by atomic mass is 32.1. The number of hydrazine groups is 1. The molecule has 1 aliphatic rings. The van der Waals surface area contributed by atoms with Crippen molar-refractivity contribution < 1.29 is 9.59 Å². The number of thiazole rings is 1. The molecule has 5 nitrogen and oxygen atoms in total. The topological polar surface area (TPSA) is 74.0 Å². The van der Waals surface area contributed by atoms with E-state index >= 15 is 0 Å². The Morgan fingerprint density at radius 2 is 2.04 bits per heavy atom. The molecule has 0 aromatic carbocycles. The largest absolute Gasteiger partial charge is 0.341 e. The summed E-state index contributed by atoms with van der Waals surface area (Å²) in [6.07, 6.45) is 4.67. The highest BCUT2D eigenvalue weighted by Crippen LogP contribution is 2.29. The zero-order valence-electron chi connectivity index (χ0n) is 12.7. The minimum atomic E-state index is -0.256. The molecule has 3 rings (SSSR count). The number of aromatic amines is 1. The van der Waals surface area contributed by atoms with Gasteiger partial charge in [0.25, 0.3) is 5.91 Å². The first-order valence-electron chi connectivity index (χ1n) is 7.42. The summed E-state index contributed by atoms with van der Waals surface area (Å²) in [7, 11) is 0. The summed E-state index contributed by atoms with van der Waals surface area (Å²) in [5.41, 5.74) is 7.14. The van der Waals surface area contributed by atoms with Crippen molar-refractivity contribution in [3.63, 3.8) is 0 Å². The number of carbonyl (C=O) groups is 2. The van der Waals surface area contributed by atoms with Gasteiger partial charge in [0.1, 0.15) is 0 Å². The lowest BCUT2D eigenvalue weighted by Crippen LogP contribution is -2.42. The second-order valence-electron chi connectivity index (χ2n) is 5.51. The fourth-order valence-electron chi connectivity index (χ4n) is 2.59. The average molecular weight is 368 g/mol. The highest BCUT2D eigenvalue weighted by Gasteiger charge is 2.17. The molecule has 0 unspecified atom stereocenters. The number of H-pyrrole nitrogens is 1. The zero-order chi connectivity index (χ0) is 16.4. The van der Waals surface area contributed by atoms with E-state index in [9.17, 15) is 9.59 Å². The maximum Gasteiger partial charge on any atom is 0.279 e. The number of amides is 2. The summed E-state index contributed by atoms with van der Waals surface area (Å²) in [5.74, 6) is -0.510. The van der Waals surface area contributed by atoms with Crippen molar-refractivity contribution >= 4 is 46.7 Å². The molecule has 23 heavy (non-hydrogen) atoms. The van der Waals surface area contributed by atoms with Crippen molar-refractivity contribution in [2.75, 3.05) is 0 Å². The van der Waals surface area contributed by atoms with Crippen LogP contribution in [-0.4, -0.2) is 16.8 Å². The Kier molecular flexibility index (Phi) is 4.93. The predicted octanol–water partition coefficient (Wildman–Crippen LogP) is 3.06. The van der Waals surface area contributed by atoms with E-state index < -0.39 is 0 Å². The fourth-order valence-corrected chi connectivity index (χ4v) is 5.03. The molecule has 2 aromatic rings. The first kappa shape index (κ1) is 16.4. The summed E-state index contributed by atoms with van der Waals surface area (Å²) in [6, 6.07) is 1.95. The maximum absolute atomic E-state index is 12.2. The van der Waals surface area contributed by atoms with Gasteiger partial charge in [-0.25, -0.2) is 0 Å². The van der Waals surface area contributed by atoms with Gasteiger partial charge in [-0.3, -0.25) is 20.4 Å². The molecule has 0 saturated heterocycles. The minimum Gasteiger partial charge on any atom is -0.341 e.